The molecule has 1 aliphatic heterocycles. The molecule has 8 heteroatoms. The molecule has 1 aromatic rings. The van der Waals surface area contributed by atoms with E-state index < -0.39 is 10.0 Å². The van der Waals surface area contributed by atoms with Crippen LogP contribution < -0.4 is 10.6 Å². The average Bonchev–Trinajstić information content (AvgIpc) is 3.22. The van der Waals surface area contributed by atoms with Gasteiger partial charge in [-0.05, 0) is 50.3 Å². The van der Waals surface area contributed by atoms with Crippen LogP contribution in [0.4, 0.5) is 0 Å². The second-order valence-corrected chi connectivity index (χ2v) is 9.17. The van der Waals surface area contributed by atoms with Gasteiger partial charge in [0.05, 0.1) is 4.90 Å². The molecule has 1 aliphatic rings. The van der Waals surface area contributed by atoms with E-state index in [1.54, 1.807) is 24.3 Å². The van der Waals surface area contributed by atoms with Crippen LogP contribution in [-0.4, -0.2) is 50.2 Å². The smallest absolute Gasteiger partial charge is 0.243 e. The number of aryl methyl sites for hydroxylation is 1. The van der Waals surface area contributed by atoms with Crippen molar-refractivity contribution in [2.24, 2.45) is 0 Å². The highest BCUT2D eigenvalue weighted by molar-refractivity contribution is 7.89. The second-order valence-electron chi connectivity index (χ2n) is 7.23. The Balaban J connectivity index is 1.74. The lowest BCUT2D eigenvalue weighted by Crippen LogP contribution is -2.35. The Hall–Kier alpha value is -1.93. The number of sulfonamides is 1. The van der Waals surface area contributed by atoms with Gasteiger partial charge in [0, 0.05) is 38.5 Å². The maximum atomic E-state index is 12.5. The Kier molecular flexibility index (Phi) is 8.44. The standard InChI is InChI=1S/C20H31N3O4S/c1-3-16(2)22-20(25)12-13-21-19(24)11-8-17-6-9-18(10-7-17)28(26,27)23-14-4-5-15-23/h6-7,9-10,16H,3-5,8,11-15H2,1-2H3,(H,21,24)(H,22,25). The lowest BCUT2D eigenvalue weighted by Gasteiger charge is -2.15. The van der Waals surface area contributed by atoms with E-state index in [-0.39, 0.29) is 24.3 Å². The number of nitrogens with one attached hydrogen (secondary N) is 2. The summed E-state index contributed by atoms with van der Waals surface area (Å²) >= 11 is 0. The van der Waals surface area contributed by atoms with Crippen LogP contribution in [0.2, 0.25) is 0 Å². The van der Waals surface area contributed by atoms with Gasteiger partial charge in [-0.25, -0.2) is 8.42 Å². The highest BCUT2D eigenvalue weighted by atomic mass is 32.2. The number of nitrogens with zero attached hydrogens (tertiary/aromatic N) is 1. The van der Waals surface area contributed by atoms with Crippen LogP contribution in [0.5, 0.6) is 0 Å². The normalized spacial score (nSPS) is 15.9. The zero-order valence-corrected chi connectivity index (χ0v) is 17.6. The first-order valence-electron chi connectivity index (χ1n) is 9.98. The molecule has 0 aliphatic carbocycles. The Morgan fingerprint density at radius 2 is 1.71 bits per heavy atom. The van der Waals surface area contributed by atoms with Gasteiger partial charge in [0.15, 0.2) is 0 Å². The highest BCUT2D eigenvalue weighted by Crippen LogP contribution is 2.21. The molecule has 1 atom stereocenters. The second kappa shape index (κ2) is 10.6. The van der Waals surface area contributed by atoms with Crippen molar-refractivity contribution in [1.82, 2.24) is 14.9 Å². The minimum absolute atomic E-state index is 0.0653. The molecule has 0 bridgehead atoms. The van der Waals surface area contributed by atoms with Gasteiger partial charge in [-0.15, -0.1) is 0 Å². The maximum absolute atomic E-state index is 12.5. The fourth-order valence-corrected chi connectivity index (χ4v) is 4.53. The largest absolute Gasteiger partial charge is 0.356 e. The molecule has 0 spiro atoms. The predicted octanol–water partition coefficient (Wildman–Crippen LogP) is 1.82. The Labute approximate surface area is 167 Å². The van der Waals surface area contributed by atoms with Gasteiger partial charge in [-0.1, -0.05) is 19.1 Å². The predicted molar refractivity (Wildman–Crippen MR) is 108 cm³/mol. The van der Waals surface area contributed by atoms with Crippen LogP contribution in [-0.2, 0) is 26.0 Å². The third-order valence-electron chi connectivity index (χ3n) is 4.96. The van der Waals surface area contributed by atoms with Gasteiger partial charge in [0.2, 0.25) is 21.8 Å². The van der Waals surface area contributed by atoms with Gasteiger partial charge in [-0.3, -0.25) is 9.59 Å². The monoisotopic (exact) mass is 409 g/mol. The molecule has 1 aromatic carbocycles. The van der Waals surface area contributed by atoms with E-state index in [9.17, 15) is 18.0 Å². The summed E-state index contributed by atoms with van der Waals surface area (Å²) in [6, 6.07) is 6.88. The molecule has 2 rings (SSSR count). The van der Waals surface area contributed by atoms with Crippen LogP contribution >= 0.6 is 0 Å². The van der Waals surface area contributed by atoms with Crippen molar-refractivity contribution in [2.45, 2.75) is 63.3 Å². The molecule has 28 heavy (non-hydrogen) atoms. The van der Waals surface area contributed by atoms with Gasteiger partial charge in [-0.2, -0.15) is 4.31 Å². The van der Waals surface area contributed by atoms with Gasteiger partial charge in [0.1, 0.15) is 0 Å². The first-order chi connectivity index (χ1) is 13.3. The van der Waals surface area contributed by atoms with E-state index in [0.29, 0.717) is 37.4 Å². The van der Waals surface area contributed by atoms with Crippen LogP contribution in [0.25, 0.3) is 0 Å². The van der Waals surface area contributed by atoms with Gasteiger partial charge < -0.3 is 10.6 Å². The van der Waals surface area contributed by atoms with E-state index in [1.807, 2.05) is 13.8 Å². The fourth-order valence-electron chi connectivity index (χ4n) is 3.02. The lowest BCUT2D eigenvalue weighted by atomic mass is 10.1. The molecule has 1 saturated heterocycles. The van der Waals surface area contributed by atoms with E-state index in [1.165, 1.54) is 4.31 Å². The van der Waals surface area contributed by atoms with Crippen molar-refractivity contribution in [3.63, 3.8) is 0 Å². The highest BCUT2D eigenvalue weighted by Gasteiger charge is 2.26. The molecule has 0 aromatic heterocycles. The molecule has 0 radical (unpaired) electrons. The first-order valence-corrected chi connectivity index (χ1v) is 11.4. The summed E-state index contributed by atoms with van der Waals surface area (Å²) in [5.74, 6) is -0.186. The van der Waals surface area contributed by atoms with E-state index in [4.69, 9.17) is 0 Å². The zero-order chi connectivity index (χ0) is 20.6. The summed E-state index contributed by atoms with van der Waals surface area (Å²) in [6.07, 6.45) is 3.77. The van der Waals surface area contributed by atoms with Crippen LogP contribution in [0, 0.1) is 0 Å². The molecular formula is C20H31N3O4S. The number of benzene rings is 1. The zero-order valence-electron chi connectivity index (χ0n) is 16.7. The van der Waals surface area contributed by atoms with Gasteiger partial charge in [0.25, 0.3) is 0 Å². The summed E-state index contributed by atoms with van der Waals surface area (Å²) < 4.78 is 26.5. The van der Waals surface area contributed by atoms with Crippen molar-refractivity contribution in [3.05, 3.63) is 29.8 Å². The number of carbonyl (C=O) groups is 2. The molecule has 1 unspecified atom stereocenters. The Morgan fingerprint density at radius 3 is 2.32 bits per heavy atom. The van der Waals surface area contributed by atoms with Crippen LogP contribution in [0.3, 0.4) is 0 Å². The minimum Gasteiger partial charge on any atom is -0.356 e. The molecule has 2 amide bonds. The van der Waals surface area contributed by atoms with Crippen molar-refractivity contribution in [1.29, 1.82) is 0 Å². The number of hydrogen-bond donors (Lipinski definition) is 2. The van der Waals surface area contributed by atoms with E-state index in [2.05, 4.69) is 10.6 Å². The molecule has 7 nitrogen and oxygen atoms in total. The Bertz CT molecular complexity index is 756. The van der Waals surface area contributed by atoms with Crippen molar-refractivity contribution < 1.29 is 18.0 Å². The van der Waals surface area contributed by atoms with Crippen LogP contribution in [0.15, 0.2) is 29.2 Å². The Morgan fingerprint density at radius 1 is 1.07 bits per heavy atom. The maximum Gasteiger partial charge on any atom is 0.243 e. The molecule has 2 N–H and O–H groups in total. The number of amides is 2. The first kappa shape index (κ1) is 22.4. The number of carbonyl (C=O) groups excluding carboxylic acids is 2. The van der Waals surface area contributed by atoms with E-state index in [0.717, 1.165) is 24.8 Å². The summed E-state index contributed by atoms with van der Waals surface area (Å²) in [5, 5.41) is 5.60. The average molecular weight is 410 g/mol. The molecule has 0 saturated carbocycles. The molecule has 156 valence electrons. The lowest BCUT2D eigenvalue weighted by molar-refractivity contribution is -0.122. The summed E-state index contributed by atoms with van der Waals surface area (Å²) in [6.45, 7) is 5.42. The summed E-state index contributed by atoms with van der Waals surface area (Å²) in [4.78, 5) is 23.9. The summed E-state index contributed by atoms with van der Waals surface area (Å²) in [5.41, 5.74) is 0.907. The number of rotatable bonds is 10. The third kappa shape index (κ3) is 6.60. The molecule has 1 fully saturated rings. The fraction of sp³-hybridized carbons (Fsp3) is 0.600. The van der Waals surface area contributed by atoms with Crippen molar-refractivity contribution in [3.8, 4) is 0 Å². The molecule has 1 heterocycles. The quantitative estimate of drug-likeness (QED) is 0.616. The van der Waals surface area contributed by atoms with Gasteiger partial charge >= 0.3 is 0 Å². The summed E-state index contributed by atoms with van der Waals surface area (Å²) in [7, 11) is -3.40. The van der Waals surface area contributed by atoms with Crippen molar-refractivity contribution in [2.75, 3.05) is 19.6 Å². The third-order valence-corrected chi connectivity index (χ3v) is 6.87. The van der Waals surface area contributed by atoms with Crippen molar-refractivity contribution >= 4 is 21.8 Å². The topological polar surface area (TPSA) is 95.6 Å². The van der Waals surface area contributed by atoms with Crippen LogP contribution in [0.1, 0.15) is 51.5 Å². The van der Waals surface area contributed by atoms with E-state index >= 15 is 0 Å². The molecular weight excluding hydrogens is 378 g/mol. The number of hydrogen-bond acceptors (Lipinski definition) is 4. The minimum atomic E-state index is -3.40. The SMILES string of the molecule is CCC(C)NC(=O)CCNC(=O)CCc1ccc(S(=O)(=O)N2CCCC2)cc1.